The Kier molecular flexibility index (Phi) is 6.72. The van der Waals surface area contributed by atoms with Gasteiger partial charge in [-0.25, -0.2) is 4.79 Å². The zero-order valence-corrected chi connectivity index (χ0v) is 11.9. The van der Waals surface area contributed by atoms with Crippen LogP contribution in [-0.2, 0) is 9.53 Å². The van der Waals surface area contributed by atoms with Crippen LogP contribution >= 0.6 is 0 Å². The van der Waals surface area contributed by atoms with E-state index < -0.39 is 0 Å². The Balaban J connectivity index is 2.47. The highest BCUT2D eigenvalue weighted by Gasteiger charge is 2.00. The van der Waals surface area contributed by atoms with Gasteiger partial charge in [0.2, 0.25) is 0 Å². The summed E-state index contributed by atoms with van der Waals surface area (Å²) in [5.41, 5.74) is 0.948. The van der Waals surface area contributed by atoms with E-state index in [1.54, 1.807) is 6.08 Å². The fourth-order valence-corrected chi connectivity index (χ4v) is 1.45. The summed E-state index contributed by atoms with van der Waals surface area (Å²) in [6.07, 6.45) is 5.26. The second-order valence-corrected chi connectivity index (χ2v) is 4.59. The maximum absolute atomic E-state index is 11.3. The molecule has 1 aromatic rings. The number of esters is 1. The van der Waals surface area contributed by atoms with Gasteiger partial charge in [0.15, 0.2) is 0 Å². The molecule has 0 aliphatic rings. The summed E-state index contributed by atoms with van der Waals surface area (Å²) in [5, 5.41) is 0. The molecule has 0 fully saturated rings. The van der Waals surface area contributed by atoms with Gasteiger partial charge in [-0.1, -0.05) is 25.5 Å². The van der Waals surface area contributed by atoms with Gasteiger partial charge in [-0.05, 0) is 44.0 Å². The minimum absolute atomic E-state index is 0.0912. The van der Waals surface area contributed by atoms with E-state index in [1.807, 2.05) is 38.1 Å². The van der Waals surface area contributed by atoms with Crippen LogP contribution < -0.4 is 4.74 Å². The van der Waals surface area contributed by atoms with E-state index in [4.69, 9.17) is 9.47 Å². The van der Waals surface area contributed by atoms with Crippen molar-refractivity contribution in [3.8, 4) is 5.75 Å². The second kappa shape index (κ2) is 8.35. The van der Waals surface area contributed by atoms with Crippen LogP contribution in [0.5, 0.6) is 5.75 Å². The molecule has 0 aliphatic carbocycles. The Labute approximate surface area is 115 Å². The molecule has 0 radical (unpaired) electrons. The molecule has 1 aromatic carbocycles. The number of carbonyl (C=O) groups excluding carboxylic acids is 1. The third-order valence-corrected chi connectivity index (χ3v) is 2.41. The zero-order chi connectivity index (χ0) is 14.1. The van der Waals surface area contributed by atoms with E-state index in [0.717, 1.165) is 30.8 Å². The molecule has 0 aromatic heterocycles. The molecular weight excluding hydrogens is 240 g/mol. The standard InChI is InChI=1S/C16H22O3/c1-4-5-12-18-15-9-6-14(7-10-15)8-11-16(17)19-13(2)3/h6-11,13H,4-5,12H2,1-3H3. The summed E-state index contributed by atoms with van der Waals surface area (Å²) in [7, 11) is 0. The van der Waals surface area contributed by atoms with Crippen molar-refractivity contribution in [2.45, 2.75) is 39.7 Å². The van der Waals surface area contributed by atoms with Crippen molar-refractivity contribution in [3.63, 3.8) is 0 Å². The average Bonchev–Trinajstić information content (AvgIpc) is 2.37. The first-order valence-corrected chi connectivity index (χ1v) is 6.73. The highest BCUT2D eigenvalue weighted by atomic mass is 16.5. The highest BCUT2D eigenvalue weighted by molar-refractivity contribution is 5.87. The molecule has 0 unspecified atom stereocenters. The van der Waals surface area contributed by atoms with Gasteiger partial charge in [-0.2, -0.15) is 0 Å². The van der Waals surface area contributed by atoms with Crippen molar-refractivity contribution < 1.29 is 14.3 Å². The second-order valence-electron chi connectivity index (χ2n) is 4.59. The van der Waals surface area contributed by atoms with E-state index >= 15 is 0 Å². The van der Waals surface area contributed by atoms with E-state index in [1.165, 1.54) is 6.08 Å². The molecule has 0 bridgehead atoms. The van der Waals surface area contributed by atoms with Gasteiger partial charge in [0.05, 0.1) is 12.7 Å². The minimum atomic E-state index is -0.321. The van der Waals surface area contributed by atoms with Crippen LogP contribution in [0.1, 0.15) is 39.2 Å². The Bertz CT molecular complexity index is 405. The van der Waals surface area contributed by atoms with Crippen LogP contribution in [0.25, 0.3) is 6.08 Å². The molecule has 104 valence electrons. The molecule has 0 saturated carbocycles. The molecule has 3 nitrogen and oxygen atoms in total. The first kappa shape index (κ1) is 15.3. The van der Waals surface area contributed by atoms with E-state index in [9.17, 15) is 4.79 Å². The Morgan fingerprint density at radius 3 is 2.53 bits per heavy atom. The molecule has 0 aliphatic heterocycles. The van der Waals surface area contributed by atoms with E-state index in [-0.39, 0.29) is 12.1 Å². The summed E-state index contributed by atoms with van der Waals surface area (Å²) in [6, 6.07) is 7.65. The molecule has 0 spiro atoms. The minimum Gasteiger partial charge on any atom is -0.494 e. The Morgan fingerprint density at radius 2 is 1.95 bits per heavy atom. The van der Waals surface area contributed by atoms with E-state index in [2.05, 4.69) is 6.92 Å². The number of unbranched alkanes of at least 4 members (excludes halogenated alkanes) is 1. The average molecular weight is 262 g/mol. The molecule has 0 N–H and O–H groups in total. The van der Waals surface area contributed by atoms with Gasteiger partial charge < -0.3 is 9.47 Å². The van der Waals surface area contributed by atoms with Gasteiger partial charge in [-0.15, -0.1) is 0 Å². The Hall–Kier alpha value is -1.77. The van der Waals surface area contributed by atoms with Crippen molar-refractivity contribution in [3.05, 3.63) is 35.9 Å². The van der Waals surface area contributed by atoms with Gasteiger partial charge in [-0.3, -0.25) is 0 Å². The van der Waals surface area contributed by atoms with Crippen LogP contribution in [0, 0.1) is 0 Å². The number of ether oxygens (including phenoxy) is 2. The monoisotopic (exact) mass is 262 g/mol. The van der Waals surface area contributed by atoms with Gasteiger partial charge in [0.1, 0.15) is 5.75 Å². The fraction of sp³-hybridized carbons (Fsp3) is 0.438. The molecule has 3 heteroatoms. The lowest BCUT2D eigenvalue weighted by atomic mass is 10.2. The SMILES string of the molecule is CCCCOc1ccc(C=CC(=O)OC(C)C)cc1. The number of hydrogen-bond acceptors (Lipinski definition) is 3. The molecule has 0 heterocycles. The zero-order valence-electron chi connectivity index (χ0n) is 11.9. The quantitative estimate of drug-likeness (QED) is 0.425. The van der Waals surface area contributed by atoms with Crippen LogP contribution in [0.15, 0.2) is 30.3 Å². The maximum atomic E-state index is 11.3. The van der Waals surface area contributed by atoms with Crippen molar-refractivity contribution in [2.24, 2.45) is 0 Å². The first-order chi connectivity index (χ1) is 9.11. The summed E-state index contributed by atoms with van der Waals surface area (Å²) in [6.45, 7) is 6.53. The molecule has 19 heavy (non-hydrogen) atoms. The molecule has 0 saturated heterocycles. The van der Waals surface area contributed by atoms with Crippen molar-refractivity contribution in [1.82, 2.24) is 0 Å². The predicted molar refractivity (Wildman–Crippen MR) is 77.1 cm³/mol. The highest BCUT2D eigenvalue weighted by Crippen LogP contribution is 2.13. The normalized spacial score (nSPS) is 10.9. The van der Waals surface area contributed by atoms with Crippen LogP contribution in [-0.4, -0.2) is 18.7 Å². The predicted octanol–water partition coefficient (Wildman–Crippen LogP) is 3.83. The lowest BCUT2D eigenvalue weighted by molar-refractivity contribution is -0.141. The fourth-order valence-electron chi connectivity index (χ4n) is 1.45. The third-order valence-electron chi connectivity index (χ3n) is 2.41. The lowest BCUT2D eigenvalue weighted by Crippen LogP contribution is -2.08. The van der Waals surface area contributed by atoms with Gasteiger partial charge >= 0.3 is 5.97 Å². The number of hydrogen-bond donors (Lipinski definition) is 0. The summed E-state index contributed by atoms with van der Waals surface area (Å²) >= 11 is 0. The van der Waals surface area contributed by atoms with Crippen LogP contribution in [0.4, 0.5) is 0 Å². The topological polar surface area (TPSA) is 35.5 Å². The summed E-state index contributed by atoms with van der Waals surface area (Å²) < 4.78 is 10.6. The van der Waals surface area contributed by atoms with Gasteiger partial charge in [0.25, 0.3) is 0 Å². The first-order valence-electron chi connectivity index (χ1n) is 6.73. The maximum Gasteiger partial charge on any atom is 0.331 e. The molecular formula is C16H22O3. The summed E-state index contributed by atoms with van der Waals surface area (Å²) in [5.74, 6) is 0.536. The van der Waals surface area contributed by atoms with Crippen molar-refractivity contribution in [2.75, 3.05) is 6.61 Å². The molecule has 1 rings (SSSR count). The lowest BCUT2D eigenvalue weighted by Gasteiger charge is -2.05. The van der Waals surface area contributed by atoms with Crippen molar-refractivity contribution in [1.29, 1.82) is 0 Å². The number of carbonyl (C=O) groups is 1. The number of benzene rings is 1. The van der Waals surface area contributed by atoms with Gasteiger partial charge in [0, 0.05) is 6.08 Å². The largest absolute Gasteiger partial charge is 0.494 e. The van der Waals surface area contributed by atoms with Crippen LogP contribution in [0.2, 0.25) is 0 Å². The summed E-state index contributed by atoms with van der Waals surface area (Å²) in [4.78, 5) is 11.3. The Morgan fingerprint density at radius 1 is 1.26 bits per heavy atom. The molecule has 0 amide bonds. The smallest absolute Gasteiger partial charge is 0.331 e. The van der Waals surface area contributed by atoms with E-state index in [0.29, 0.717) is 0 Å². The third kappa shape index (κ3) is 6.65. The van der Waals surface area contributed by atoms with Crippen LogP contribution in [0.3, 0.4) is 0 Å². The van der Waals surface area contributed by atoms with Crippen molar-refractivity contribution >= 4 is 12.0 Å². The number of rotatable bonds is 7. The molecule has 0 atom stereocenters.